The van der Waals surface area contributed by atoms with Gasteiger partial charge >= 0.3 is 0 Å². The van der Waals surface area contributed by atoms with Gasteiger partial charge in [-0.15, -0.1) is 0 Å². The molecule has 1 saturated heterocycles. The third-order valence-electron chi connectivity index (χ3n) is 5.15. The van der Waals surface area contributed by atoms with Crippen molar-refractivity contribution < 1.29 is 9.47 Å². The summed E-state index contributed by atoms with van der Waals surface area (Å²) in [6, 6.07) is 9.54. The summed E-state index contributed by atoms with van der Waals surface area (Å²) in [4.78, 5) is 25.8. The molecular weight excluding hydrogens is 380 g/mol. The molecule has 2 aliphatic rings. The minimum absolute atomic E-state index is 0.579. The fourth-order valence-electron chi connectivity index (χ4n) is 3.63. The Labute approximate surface area is 174 Å². The number of morpholine rings is 1. The molecule has 8 nitrogen and oxygen atoms in total. The van der Waals surface area contributed by atoms with Gasteiger partial charge in [-0.1, -0.05) is 18.2 Å². The Hall–Kier alpha value is -3.39. The van der Waals surface area contributed by atoms with Crippen LogP contribution in [0.15, 0.2) is 41.5 Å². The van der Waals surface area contributed by atoms with Gasteiger partial charge in [0.2, 0.25) is 0 Å². The van der Waals surface area contributed by atoms with E-state index in [1.807, 2.05) is 30.3 Å². The highest BCUT2D eigenvalue weighted by Gasteiger charge is 2.19. The Morgan fingerprint density at radius 3 is 2.80 bits per heavy atom. The van der Waals surface area contributed by atoms with Gasteiger partial charge in [-0.05, 0) is 24.6 Å². The molecule has 0 atom stereocenters. The van der Waals surface area contributed by atoms with Gasteiger partial charge in [0.1, 0.15) is 16.8 Å². The number of hydrogen-bond donors (Lipinski definition) is 0. The second-order valence-electron chi connectivity index (χ2n) is 7.08. The van der Waals surface area contributed by atoms with Crippen molar-refractivity contribution in [1.82, 2.24) is 19.9 Å². The lowest BCUT2D eigenvalue weighted by Gasteiger charge is -2.28. The van der Waals surface area contributed by atoms with Gasteiger partial charge in [-0.25, -0.2) is 19.9 Å². The van der Waals surface area contributed by atoms with Gasteiger partial charge in [0.15, 0.2) is 17.5 Å². The van der Waals surface area contributed by atoms with E-state index in [1.54, 1.807) is 13.3 Å². The molecule has 8 heteroatoms. The van der Waals surface area contributed by atoms with Crippen LogP contribution in [0.2, 0.25) is 0 Å². The minimum atomic E-state index is 0.579. The molecule has 0 aliphatic carbocycles. The van der Waals surface area contributed by atoms with Crippen LogP contribution in [0, 0.1) is 0 Å². The fourth-order valence-corrected chi connectivity index (χ4v) is 3.63. The maximum absolute atomic E-state index is 5.51. The standard InChI is InChI=1S/C22H22N6O2/c1-29-16-5-2-4-15(14-16)20-24-9-7-18(26-20)21-25-17-6-3-8-23-19(17)22(27-21)28-10-12-30-13-11-28/h2,4-7,9,14H,3,8,10-13H2,1H3. The summed E-state index contributed by atoms with van der Waals surface area (Å²) in [6.45, 7) is 3.71. The zero-order valence-corrected chi connectivity index (χ0v) is 16.8. The van der Waals surface area contributed by atoms with E-state index in [0.29, 0.717) is 30.6 Å². The summed E-state index contributed by atoms with van der Waals surface area (Å²) in [6.07, 6.45) is 4.74. The Morgan fingerprint density at radius 1 is 1.03 bits per heavy atom. The molecule has 0 N–H and O–H groups in total. The van der Waals surface area contributed by atoms with Gasteiger partial charge in [0.25, 0.3) is 0 Å². The van der Waals surface area contributed by atoms with Crippen molar-refractivity contribution in [3.05, 3.63) is 47.2 Å². The molecule has 30 heavy (non-hydrogen) atoms. The Balaban J connectivity index is 1.61. The largest absolute Gasteiger partial charge is 0.497 e. The van der Waals surface area contributed by atoms with Crippen molar-refractivity contribution in [2.24, 2.45) is 4.99 Å². The Morgan fingerprint density at radius 2 is 1.93 bits per heavy atom. The summed E-state index contributed by atoms with van der Waals surface area (Å²) < 4.78 is 10.8. The number of hydrogen-bond acceptors (Lipinski definition) is 8. The van der Waals surface area contributed by atoms with Crippen molar-refractivity contribution in [2.45, 2.75) is 6.42 Å². The Kier molecular flexibility index (Phi) is 5.06. The monoisotopic (exact) mass is 402 g/mol. The van der Waals surface area contributed by atoms with Gasteiger partial charge in [0.05, 0.1) is 25.7 Å². The number of aromatic nitrogens is 4. The molecule has 0 spiro atoms. The first kappa shape index (κ1) is 18.6. The van der Waals surface area contributed by atoms with E-state index in [0.717, 1.165) is 53.9 Å². The predicted molar refractivity (Wildman–Crippen MR) is 113 cm³/mol. The summed E-state index contributed by atoms with van der Waals surface area (Å²) in [7, 11) is 1.64. The summed E-state index contributed by atoms with van der Waals surface area (Å²) in [5.74, 6) is 2.80. The first-order chi connectivity index (χ1) is 14.8. The molecule has 5 rings (SSSR count). The minimum Gasteiger partial charge on any atom is -0.497 e. The highest BCUT2D eigenvalue weighted by atomic mass is 16.5. The smallest absolute Gasteiger partial charge is 0.181 e. The van der Waals surface area contributed by atoms with Crippen LogP contribution in [0.5, 0.6) is 5.75 Å². The molecule has 4 heterocycles. The molecule has 1 aromatic carbocycles. The molecule has 3 aromatic rings. The number of rotatable bonds is 4. The van der Waals surface area contributed by atoms with Crippen LogP contribution in [0.4, 0.5) is 5.82 Å². The Bertz CT molecular complexity index is 1190. The van der Waals surface area contributed by atoms with E-state index in [2.05, 4.69) is 16.0 Å². The van der Waals surface area contributed by atoms with Crippen LogP contribution in [0.1, 0.15) is 6.42 Å². The van der Waals surface area contributed by atoms with Crippen LogP contribution in [0.3, 0.4) is 0 Å². The number of methoxy groups -OCH3 is 1. The van der Waals surface area contributed by atoms with E-state index >= 15 is 0 Å². The molecule has 0 saturated carbocycles. The molecule has 1 fully saturated rings. The van der Waals surface area contributed by atoms with Crippen molar-refractivity contribution in [1.29, 1.82) is 0 Å². The van der Waals surface area contributed by atoms with E-state index in [4.69, 9.17) is 29.4 Å². The summed E-state index contributed by atoms with van der Waals surface area (Å²) in [5.41, 5.74) is 1.56. The van der Waals surface area contributed by atoms with Crippen molar-refractivity contribution in [3.63, 3.8) is 0 Å². The van der Waals surface area contributed by atoms with Crippen LogP contribution < -0.4 is 20.3 Å². The lowest BCUT2D eigenvalue weighted by Crippen LogP contribution is -2.44. The molecule has 2 aromatic heterocycles. The number of fused-ring (bicyclic) bond motifs is 1. The lowest BCUT2D eigenvalue weighted by molar-refractivity contribution is 0.122. The average molecular weight is 402 g/mol. The van der Waals surface area contributed by atoms with Crippen LogP contribution in [-0.2, 0) is 4.74 Å². The first-order valence-corrected chi connectivity index (χ1v) is 10.0. The van der Waals surface area contributed by atoms with Crippen molar-refractivity contribution in [2.75, 3.05) is 44.9 Å². The molecule has 2 aliphatic heterocycles. The SMILES string of the molecule is COc1cccc(-c2nccc(-c3nc(N4CCOCC4)c4c(n3)=CCCN=4)n2)c1. The van der Waals surface area contributed by atoms with Gasteiger partial charge < -0.3 is 14.4 Å². The quantitative estimate of drug-likeness (QED) is 0.649. The second-order valence-corrected chi connectivity index (χ2v) is 7.08. The van der Waals surface area contributed by atoms with Crippen molar-refractivity contribution >= 4 is 11.9 Å². The van der Waals surface area contributed by atoms with E-state index in [1.165, 1.54) is 0 Å². The molecule has 0 bridgehead atoms. The van der Waals surface area contributed by atoms with Gasteiger partial charge in [0, 0.05) is 31.4 Å². The molecule has 152 valence electrons. The second kappa shape index (κ2) is 8.16. The van der Waals surface area contributed by atoms with Crippen molar-refractivity contribution in [3.8, 4) is 28.7 Å². The highest BCUT2D eigenvalue weighted by molar-refractivity contribution is 5.61. The van der Waals surface area contributed by atoms with Crippen LogP contribution in [0.25, 0.3) is 29.0 Å². The number of anilines is 1. The maximum atomic E-state index is 5.51. The lowest BCUT2D eigenvalue weighted by atomic mass is 10.2. The molecular formula is C22H22N6O2. The van der Waals surface area contributed by atoms with Gasteiger partial charge in [-0.2, -0.15) is 0 Å². The molecule has 0 amide bonds. The van der Waals surface area contributed by atoms with Gasteiger partial charge in [-0.3, -0.25) is 4.99 Å². The zero-order chi connectivity index (χ0) is 20.3. The number of ether oxygens (including phenoxy) is 2. The van der Waals surface area contributed by atoms with E-state index in [9.17, 15) is 0 Å². The average Bonchev–Trinajstić information content (AvgIpc) is 2.84. The highest BCUT2D eigenvalue weighted by Crippen LogP contribution is 2.22. The third kappa shape index (κ3) is 3.61. The predicted octanol–water partition coefficient (Wildman–Crippen LogP) is 1.25. The fraction of sp³-hybridized carbons (Fsp3) is 0.318. The number of benzene rings is 1. The third-order valence-corrected chi connectivity index (χ3v) is 5.15. The summed E-state index contributed by atoms with van der Waals surface area (Å²) in [5, 5.41) is 1.74. The van der Waals surface area contributed by atoms with E-state index < -0.39 is 0 Å². The summed E-state index contributed by atoms with van der Waals surface area (Å²) >= 11 is 0. The number of nitrogens with zero attached hydrogens (tertiary/aromatic N) is 6. The first-order valence-electron chi connectivity index (χ1n) is 10.0. The van der Waals surface area contributed by atoms with Crippen LogP contribution in [-0.4, -0.2) is 59.9 Å². The topological polar surface area (TPSA) is 85.6 Å². The zero-order valence-electron chi connectivity index (χ0n) is 16.8. The normalized spacial score (nSPS) is 15.7. The van der Waals surface area contributed by atoms with E-state index in [-0.39, 0.29) is 0 Å². The molecule has 0 radical (unpaired) electrons. The maximum Gasteiger partial charge on any atom is 0.181 e. The molecule has 0 unspecified atom stereocenters. The van der Waals surface area contributed by atoms with Crippen LogP contribution >= 0.6 is 0 Å².